The molecule has 3 heteroatoms. The Morgan fingerprint density at radius 1 is 1.14 bits per heavy atom. The number of benzene rings is 2. The second kappa shape index (κ2) is 6.27. The van der Waals surface area contributed by atoms with Gasteiger partial charge in [-0.1, -0.05) is 36.9 Å². The average molecular weight is 282 g/mol. The molecule has 0 aliphatic carbocycles. The van der Waals surface area contributed by atoms with Crippen LogP contribution in [0.2, 0.25) is 0 Å². The van der Waals surface area contributed by atoms with Crippen LogP contribution in [0.4, 0.5) is 0 Å². The summed E-state index contributed by atoms with van der Waals surface area (Å²) in [5, 5.41) is 9.09. The molecule has 0 aromatic heterocycles. The fourth-order valence-corrected chi connectivity index (χ4v) is 2.16. The monoisotopic (exact) mass is 282 g/mol. The number of ether oxygens (including phenoxy) is 1. The molecule has 0 atom stereocenters. The molecule has 108 valence electrons. The predicted molar refractivity (Wildman–Crippen MR) is 84.2 cm³/mol. The Labute approximate surface area is 124 Å². The van der Waals surface area contributed by atoms with Gasteiger partial charge in [0.25, 0.3) is 0 Å². The molecule has 0 aliphatic heterocycles. The van der Waals surface area contributed by atoms with E-state index >= 15 is 0 Å². The second-order valence-electron chi connectivity index (χ2n) is 4.77. The summed E-state index contributed by atoms with van der Waals surface area (Å²) in [5.74, 6) is -0.280. The third kappa shape index (κ3) is 3.31. The second-order valence-corrected chi connectivity index (χ2v) is 4.77. The molecule has 2 rings (SSSR count). The summed E-state index contributed by atoms with van der Waals surface area (Å²) >= 11 is 0. The van der Waals surface area contributed by atoms with Gasteiger partial charge in [-0.25, -0.2) is 4.79 Å². The zero-order valence-electron chi connectivity index (χ0n) is 12.2. The molecule has 0 fully saturated rings. The number of hydrogen-bond acceptors (Lipinski definition) is 2. The van der Waals surface area contributed by atoms with Crippen LogP contribution in [0.25, 0.3) is 16.9 Å². The van der Waals surface area contributed by atoms with E-state index < -0.39 is 5.97 Å². The van der Waals surface area contributed by atoms with E-state index in [9.17, 15) is 4.79 Å². The van der Waals surface area contributed by atoms with Gasteiger partial charge < -0.3 is 9.84 Å². The van der Waals surface area contributed by atoms with Crippen LogP contribution in [-0.4, -0.2) is 17.7 Å². The first kappa shape index (κ1) is 14.9. The highest BCUT2D eigenvalue weighted by Crippen LogP contribution is 2.26. The molecule has 0 bridgehead atoms. The van der Waals surface area contributed by atoms with Gasteiger partial charge in [-0.15, -0.1) is 0 Å². The lowest BCUT2D eigenvalue weighted by molar-refractivity contribution is 0.0697. The average Bonchev–Trinajstić information content (AvgIpc) is 2.48. The molecule has 0 heterocycles. The number of rotatable bonds is 5. The van der Waals surface area contributed by atoms with Crippen LogP contribution >= 0.6 is 0 Å². The first-order valence-electron chi connectivity index (χ1n) is 6.79. The van der Waals surface area contributed by atoms with Gasteiger partial charge in [-0.2, -0.15) is 0 Å². The third-order valence-corrected chi connectivity index (χ3v) is 3.32. The van der Waals surface area contributed by atoms with Crippen LogP contribution in [0, 0.1) is 6.92 Å². The van der Waals surface area contributed by atoms with E-state index in [1.54, 1.807) is 12.1 Å². The molecule has 0 unspecified atom stereocenters. The maximum Gasteiger partial charge on any atom is 0.335 e. The Kier molecular flexibility index (Phi) is 4.43. The molecule has 0 amide bonds. The molecular formula is C18H18O3. The Hall–Kier alpha value is -2.55. The predicted octanol–water partition coefficient (Wildman–Crippen LogP) is 4.37. The van der Waals surface area contributed by atoms with Crippen molar-refractivity contribution in [1.82, 2.24) is 0 Å². The fraction of sp³-hybridized carbons (Fsp3) is 0.167. The molecule has 0 aliphatic rings. The number of aromatic carboxylic acids is 1. The van der Waals surface area contributed by atoms with Gasteiger partial charge in [0, 0.05) is 5.56 Å². The molecule has 0 saturated carbocycles. The number of carbonyl (C=O) groups is 1. The first-order valence-corrected chi connectivity index (χ1v) is 6.79. The van der Waals surface area contributed by atoms with E-state index in [2.05, 4.69) is 6.58 Å². The van der Waals surface area contributed by atoms with Crippen molar-refractivity contribution in [2.45, 2.75) is 13.8 Å². The summed E-state index contributed by atoms with van der Waals surface area (Å²) in [5.41, 5.74) is 4.15. The van der Waals surface area contributed by atoms with Gasteiger partial charge >= 0.3 is 5.97 Å². The van der Waals surface area contributed by atoms with Crippen LogP contribution in [0.1, 0.15) is 28.4 Å². The molecule has 0 saturated heterocycles. The Bertz CT molecular complexity index is 669. The number of carboxylic acids is 1. The minimum Gasteiger partial charge on any atom is -0.494 e. The van der Waals surface area contributed by atoms with Gasteiger partial charge in [0.15, 0.2) is 0 Å². The molecule has 2 aromatic rings. The third-order valence-electron chi connectivity index (χ3n) is 3.32. The first-order chi connectivity index (χ1) is 10.0. The smallest absolute Gasteiger partial charge is 0.335 e. The molecule has 21 heavy (non-hydrogen) atoms. The summed E-state index contributed by atoms with van der Waals surface area (Å²) in [6.45, 7) is 8.34. The quantitative estimate of drug-likeness (QED) is 0.828. The van der Waals surface area contributed by atoms with Crippen molar-refractivity contribution in [2.75, 3.05) is 6.61 Å². The van der Waals surface area contributed by atoms with Crippen molar-refractivity contribution >= 4 is 11.7 Å². The SMILES string of the molecule is C=C(OCC)c1ccc(-c2cc(C(=O)O)ccc2C)cc1. The van der Waals surface area contributed by atoms with E-state index in [1.165, 1.54) is 0 Å². The van der Waals surface area contributed by atoms with Gasteiger partial charge in [0.2, 0.25) is 0 Å². The maximum atomic E-state index is 11.1. The highest BCUT2D eigenvalue weighted by atomic mass is 16.5. The lowest BCUT2D eigenvalue weighted by Gasteiger charge is -2.10. The molecule has 1 N–H and O–H groups in total. The minimum atomic E-state index is -0.919. The van der Waals surface area contributed by atoms with Crippen molar-refractivity contribution in [3.63, 3.8) is 0 Å². The van der Waals surface area contributed by atoms with Crippen molar-refractivity contribution in [1.29, 1.82) is 0 Å². The zero-order valence-corrected chi connectivity index (χ0v) is 12.2. The van der Waals surface area contributed by atoms with Gasteiger partial charge in [-0.3, -0.25) is 0 Å². The maximum absolute atomic E-state index is 11.1. The van der Waals surface area contributed by atoms with Gasteiger partial charge in [-0.05, 0) is 42.7 Å². The molecule has 0 spiro atoms. The zero-order chi connectivity index (χ0) is 15.4. The topological polar surface area (TPSA) is 46.5 Å². The number of hydrogen-bond donors (Lipinski definition) is 1. The summed E-state index contributed by atoms with van der Waals surface area (Å²) < 4.78 is 5.38. The van der Waals surface area contributed by atoms with E-state index in [0.29, 0.717) is 17.9 Å². The molecular weight excluding hydrogens is 264 g/mol. The Morgan fingerprint density at radius 2 is 1.76 bits per heavy atom. The number of aryl methyl sites for hydroxylation is 1. The van der Waals surface area contributed by atoms with E-state index in [1.807, 2.05) is 44.2 Å². The normalized spacial score (nSPS) is 10.2. The van der Waals surface area contributed by atoms with Crippen molar-refractivity contribution in [2.24, 2.45) is 0 Å². The lowest BCUT2D eigenvalue weighted by atomic mass is 9.97. The molecule has 0 radical (unpaired) electrons. The standard InChI is InChI=1S/C18H18O3/c1-4-21-13(3)14-7-9-15(10-8-14)17-11-16(18(19)20)6-5-12(17)2/h5-11H,3-4H2,1-2H3,(H,19,20). The van der Waals surface area contributed by atoms with Crippen LogP contribution in [0.3, 0.4) is 0 Å². The Morgan fingerprint density at radius 3 is 2.33 bits per heavy atom. The van der Waals surface area contributed by atoms with Crippen LogP contribution < -0.4 is 0 Å². The van der Waals surface area contributed by atoms with Crippen molar-refractivity contribution in [3.8, 4) is 11.1 Å². The highest BCUT2D eigenvalue weighted by Gasteiger charge is 2.08. The molecule has 2 aromatic carbocycles. The van der Waals surface area contributed by atoms with Crippen molar-refractivity contribution in [3.05, 3.63) is 65.7 Å². The summed E-state index contributed by atoms with van der Waals surface area (Å²) in [7, 11) is 0. The van der Waals surface area contributed by atoms with Crippen LogP contribution in [0.5, 0.6) is 0 Å². The summed E-state index contributed by atoms with van der Waals surface area (Å²) in [6, 6.07) is 12.9. The van der Waals surface area contributed by atoms with E-state index in [-0.39, 0.29) is 0 Å². The van der Waals surface area contributed by atoms with E-state index in [0.717, 1.165) is 22.3 Å². The molecule has 3 nitrogen and oxygen atoms in total. The lowest BCUT2D eigenvalue weighted by Crippen LogP contribution is -1.97. The van der Waals surface area contributed by atoms with Crippen LogP contribution in [-0.2, 0) is 4.74 Å². The van der Waals surface area contributed by atoms with Crippen LogP contribution in [0.15, 0.2) is 49.0 Å². The summed E-state index contributed by atoms with van der Waals surface area (Å²) in [6.07, 6.45) is 0. The van der Waals surface area contributed by atoms with Gasteiger partial charge in [0.1, 0.15) is 5.76 Å². The fourth-order valence-electron chi connectivity index (χ4n) is 2.16. The largest absolute Gasteiger partial charge is 0.494 e. The Balaban J connectivity index is 2.36. The van der Waals surface area contributed by atoms with Crippen molar-refractivity contribution < 1.29 is 14.6 Å². The highest BCUT2D eigenvalue weighted by molar-refractivity contribution is 5.90. The van der Waals surface area contributed by atoms with Gasteiger partial charge in [0.05, 0.1) is 12.2 Å². The number of carboxylic acid groups (broad SMARTS) is 1. The summed E-state index contributed by atoms with van der Waals surface area (Å²) in [4.78, 5) is 11.1. The minimum absolute atomic E-state index is 0.290. The van der Waals surface area contributed by atoms with E-state index in [4.69, 9.17) is 9.84 Å².